The summed E-state index contributed by atoms with van der Waals surface area (Å²) in [5.74, 6) is -0.209. The molecule has 1 atom stereocenters. The van der Waals surface area contributed by atoms with Crippen LogP contribution < -0.4 is 10.1 Å². The molecular formula is C19H21FN2O4S. The van der Waals surface area contributed by atoms with Crippen LogP contribution in [0, 0.1) is 5.82 Å². The zero-order chi connectivity index (χ0) is 19.4. The number of nitrogens with zero attached hydrogens (tertiary/aromatic N) is 1. The highest BCUT2D eigenvalue weighted by molar-refractivity contribution is 7.89. The molecule has 1 fully saturated rings. The minimum absolute atomic E-state index is 0.0235. The Morgan fingerprint density at radius 1 is 1.19 bits per heavy atom. The van der Waals surface area contributed by atoms with Crippen molar-refractivity contribution in [3.63, 3.8) is 0 Å². The lowest BCUT2D eigenvalue weighted by atomic mass is 10.2. The molecule has 144 valence electrons. The lowest BCUT2D eigenvalue weighted by Crippen LogP contribution is -2.43. The maximum Gasteiger partial charge on any atom is 0.243 e. The molecule has 1 amide bonds. The fourth-order valence-corrected chi connectivity index (χ4v) is 4.71. The van der Waals surface area contributed by atoms with E-state index in [1.54, 1.807) is 24.3 Å². The predicted molar refractivity (Wildman–Crippen MR) is 99.6 cm³/mol. The average Bonchev–Trinajstić information content (AvgIpc) is 3.15. The van der Waals surface area contributed by atoms with Gasteiger partial charge in [-0.15, -0.1) is 0 Å². The molecule has 0 spiro atoms. The van der Waals surface area contributed by atoms with E-state index in [-0.39, 0.29) is 17.3 Å². The van der Waals surface area contributed by atoms with E-state index in [0.717, 1.165) is 12.1 Å². The standard InChI is InChI=1S/C19H21FN2O4S/c1-2-26-16-9-7-15(8-10-16)21-19(23)18-4-3-13-22(18)27(24,25)17-11-5-14(20)6-12-17/h5-12,18H,2-4,13H2,1H3,(H,21,23)/t18-/m1/s1. The van der Waals surface area contributed by atoms with E-state index in [9.17, 15) is 17.6 Å². The molecule has 3 rings (SSSR count). The highest BCUT2D eigenvalue weighted by atomic mass is 32.2. The highest BCUT2D eigenvalue weighted by Gasteiger charge is 2.39. The van der Waals surface area contributed by atoms with Gasteiger partial charge in [0.05, 0.1) is 11.5 Å². The van der Waals surface area contributed by atoms with Crippen LogP contribution >= 0.6 is 0 Å². The van der Waals surface area contributed by atoms with Gasteiger partial charge in [-0.05, 0) is 68.3 Å². The van der Waals surface area contributed by atoms with E-state index in [4.69, 9.17) is 4.74 Å². The monoisotopic (exact) mass is 392 g/mol. The van der Waals surface area contributed by atoms with Crippen molar-refractivity contribution in [2.75, 3.05) is 18.5 Å². The van der Waals surface area contributed by atoms with Crippen molar-refractivity contribution in [2.24, 2.45) is 0 Å². The van der Waals surface area contributed by atoms with E-state index in [0.29, 0.717) is 30.9 Å². The minimum atomic E-state index is -3.87. The number of hydrogen-bond donors (Lipinski definition) is 1. The van der Waals surface area contributed by atoms with Crippen molar-refractivity contribution >= 4 is 21.6 Å². The van der Waals surface area contributed by atoms with Crippen LogP contribution in [0.3, 0.4) is 0 Å². The van der Waals surface area contributed by atoms with Crippen LogP contribution in [0.4, 0.5) is 10.1 Å². The smallest absolute Gasteiger partial charge is 0.243 e. The number of hydrogen-bond acceptors (Lipinski definition) is 4. The van der Waals surface area contributed by atoms with Crippen molar-refractivity contribution in [3.8, 4) is 5.75 Å². The van der Waals surface area contributed by atoms with Crippen LogP contribution in [0.25, 0.3) is 0 Å². The van der Waals surface area contributed by atoms with Crippen LogP contribution in [-0.4, -0.2) is 37.8 Å². The van der Waals surface area contributed by atoms with Gasteiger partial charge in [-0.1, -0.05) is 0 Å². The van der Waals surface area contributed by atoms with Gasteiger partial charge in [0, 0.05) is 12.2 Å². The lowest BCUT2D eigenvalue weighted by molar-refractivity contribution is -0.119. The van der Waals surface area contributed by atoms with Crippen LogP contribution in [-0.2, 0) is 14.8 Å². The Hall–Kier alpha value is -2.45. The van der Waals surface area contributed by atoms with Crippen LogP contribution in [0.5, 0.6) is 5.75 Å². The van der Waals surface area contributed by atoms with E-state index in [2.05, 4.69) is 5.32 Å². The third-order valence-corrected chi connectivity index (χ3v) is 6.28. The van der Waals surface area contributed by atoms with E-state index >= 15 is 0 Å². The molecule has 1 heterocycles. The van der Waals surface area contributed by atoms with Gasteiger partial charge < -0.3 is 10.1 Å². The number of ether oxygens (including phenoxy) is 1. The van der Waals surface area contributed by atoms with Gasteiger partial charge in [0.2, 0.25) is 15.9 Å². The molecule has 0 bridgehead atoms. The number of nitrogens with one attached hydrogen (secondary N) is 1. The number of anilines is 1. The van der Waals surface area contributed by atoms with E-state index < -0.39 is 21.9 Å². The summed E-state index contributed by atoms with van der Waals surface area (Å²) in [4.78, 5) is 12.6. The zero-order valence-corrected chi connectivity index (χ0v) is 15.7. The van der Waals surface area contributed by atoms with Crippen molar-refractivity contribution in [1.82, 2.24) is 4.31 Å². The molecular weight excluding hydrogens is 371 g/mol. The molecule has 6 nitrogen and oxygen atoms in total. The first kappa shape index (κ1) is 19.3. The van der Waals surface area contributed by atoms with Gasteiger partial charge in [-0.3, -0.25) is 4.79 Å². The number of benzene rings is 2. The summed E-state index contributed by atoms with van der Waals surface area (Å²) < 4.78 is 45.3. The molecule has 2 aromatic rings. The van der Waals surface area contributed by atoms with Gasteiger partial charge in [0.1, 0.15) is 17.6 Å². The summed E-state index contributed by atoms with van der Waals surface area (Å²) in [5.41, 5.74) is 0.564. The number of carbonyl (C=O) groups excluding carboxylic acids is 1. The van der Waals surface area contributed by atoms with Gasteiger partial charge >= 0.3 is 0 Å². The second-order valence-electron chi connectivity index (χ2n) is 6.17. The fraction of sp³-hybridized carbons (Fsp3) is 0.316. The number of sulfonamides is 1. The summed E-state index contributed by atoms with van der Waals surface area (Å²) in [6.45, 7) is 2.68. The summed E-state index contributed by atoms with van der Waals surface area (Å²) in [6.07, 6.45) is 1.02. The summed E-state index contributed by atoms with van der Waals surface area (Å²) in [6, 6.07) is 10.7. The quantitative estimate of drug-likeness (QED) is 0.820. The fourth-order valence-electron chi connectivity index (χ4n) is 3.06. The van der Waals surface area contributed by atoms with Crippen LogP contribution in [0.2, 0.25) is 0 Å². The number of halogens is 1. The summed E-state index contributed by atoms with van der Waals surface area (Å²) in [7, 11) is -3.87. The van der Waals surface area contributed by atoms with Gasteiger partial charge in [-0.25, -0.2) is 12.8 Å². The zero-order valence-electron chi connectivity index (χ0n) is 14.9. The first-order valence-corrected chi connectivity index (χ1v) is 10.2. The SMILES string of the molecule is CCOc1ccc(NC(=O)[C@H]2CCCN2S(=O)(=O)c2ccc(F)cc2)cc1. The third kappa shape index (κ3) is 4.28. The molecule has 1 aliphatic heterocycles. The molecule has 0 aliphatic carbocycles. The maximum atomic E-state index is 13.1. The Bertz CT molecular complexity index is 898. The van der Waals surface area contributed by atoms with Crippen LogP contribution in [0.1, 0.15) is 19.8 Å². The highest BCUT2D eigenvalue weighted by Crippen LogP contribution is 2.27. The Kier molecular flexibility index (Phi) is 5.76. The lowest BCUT2D eigenvalue weighted by Gasteiger charge is -2.23. The summed E-state index contributed by atoms with van der Waals surface area (Å²) >= 11 is 0. The van der Waals surface area contributed by atoms with Crippen molar-refractivity contribution < 1.29 is 22.3 Å². The second kappa shape index (κ2) is 8.06. The second-order valence-corrected chi connectivity index (χ2v) is 8.06. The molecule has 8 heteroatoms. The van der Waals surface area contributed by atoms with Crippen molar-refractivity contribution in [3.05, 3.63) is 54.3 Å². The topological polar surface area (TPSA) is 75.7 Å². The van der Waals surface area contributed by atoms with Crippen LogP contribution in [0.15, 0.2) is 53.4 Å². The molecule has 1 saturated heterocycles. The van der Waals surface area contributed by atoms with E-state index in [1.165, 1.54) is 16.4 Å². The molecule has 0 unspecified atom stereocenters. The Labute approximate surface area is 158 Å². The number of rotatable bonds is 6. The Morgan fingerprint density at radius 3 is 2.48 bits per heavy atom. The third-order valence-electron chi connectivity index (χ3n) is 4.36. The average molecular weight is 392 g/mol. The molecule has 0 radical (unpaired) electrons. The van der Waals surface area contributed by atoms with Crippen molar-refractivity contribution in [2.45, 2.75) is 30.7 Å². The first-order valence-electron chi connectivity index (χ1n) is 8.73. The minimum Gasteiger partial charge on any atom is -0.494 e. The maximum absolute atomic E-state index is 13.1. The van der Waals surface area contributed by atoms with E-state index in [1.807, 2.05) is 6.92 Å². The Balaban J connectivity index is 1.75. The molecule has 0 aromatic heterocycles. The molecule has 0 saturated carbocycles. The van der Waals surface area contributed by atoms with Crippen molar-refractivity contribution in [1.29, 1.82) is 0 Å². The van der Waals surface area contributed by atoms with Gasteiger partial charge in [0.25, 0.3) is 0 Å². The molecule has 1 aliphatic rings. The normalized spacial score (nSPS) is 17.6. The predicted octanol–water partition coefficient (Wildman–Crippen LogP) is 3.02. The van der Waals surface area contributed by atoms with Gasteiger partial charge in [-0.2, -0.15) is 4.31 Å². The first-order chi connectivity index (χ1) is 12.9. The number of amides is 1. The Morgan fingerprint density at radius 2 is 1.85 bits per heavy atom. The molecule has 1 N–H and O–H groups in total. The number of carbonyl (C=O) groups is 1. The van der Waals surface area contributed by atoms with Gasteiger partial charge in [0.15, 0.2) is 0 Å². The largest absolute Gasteiger partial charge is 0.494 e. The molecule has 2 aromatic carbocycles. The molecule has 27 heavy (non-hydrogen) atoms. The summed E-state index contributed by atoms with van der Waals surface area (Å²) in [5, 5.41) is 2.76.